The van der Waals surface area contributed by atoms with Crippen molar-refractivity contribution in [1.82, 2.24) is 20.3 Å². The van der Waals surface area contributed by atoms with E-state index < -0.39 is 0 Å². The molecule has 0 unspecified atom stereocenters. The van der Waals surface area contributed by atoms with Crippen LogP contribution in [-0.2, 0) is 17.6 Å². The lowest BCUT2D eigenvalue weighted by molar-refractivity contribution is -0.122. The van der Waals surface area contributed by atoms with Crippen LogP contribution in [0.25, 0.3) is 21.8 Å². The number of aromatic nitrogens is 3. The van der Waals surface area contributed by atoms with Crippen molar-refractivity contribution in [2.24, 2.45) is 0 Å². The van der Waals surface area contributed by atoms with Crippen LogP contribution < -0.4 is 15.6 Å². The third kappa shape index (κ3) is 3.67. The molecule has 5 rings (SSSR count). The van der Waals surface area contributed by atoms with Gasteiger partial charge in [0.15, 0.2) is 0 Å². The Balaban J connectivity index is 1.31. The molecule has 7 nitrogen and oxygen atoms in total. The van der Waals surface area contributed by atoms with E-state index in [-0.39, 0.29) is 23.9 Å². The van der Waals surface area contributed by atoms with Gasteiger partial charge in [-0.2, -0.15) is 0 Å². The third-order valence-electron chi connectivity index (χ3n) is 6.00. The van der Waals surface area contributed by atoms with Gasteiger partial charge in [-0.05, 0) is 55.2 Å². The minimum absolute atomic E-state index is 0.0433. The number of para-hydroxylation sites is 1. The van der Waals surface area contributed by atoms with Crippen LogP contribution in [0.2, 0.25) is 0 Å². The zero-order valence-electron chi connectivity index (χ0n) is 17.3. The average Bonchev–Trinajstić information content (AvgIpc) is 3.17. The SMILES string of the molecule is COc1ccc2[nH]c3c(c2c1)CCC[C@H]3NC(=O)CCc1nc2ccccc2c(=O)[nH]1. The number of carbonyl (C=O) groups is 1. The minimum Gasteiger partial charge on any atom is -0.497 e. The molecule has 3 N–H and O–H groups in total. The van der Waals surface area contributed by atoms with E-state index in [4.69, 9.17) is 4.74 Å². The van der Waals surface area contributed by atoms with Crippen LogP contribution in [0.5, 0.6) is 5.75 Å². The zero-order chi connectivity index (χ0) is 21.4. The third-order valence-corrected chi connectivity index (χ3v) is 6.00. The quantitative estimate of drug-likeness (QED) is 0.463. The molecule has 2 aromatic carbocycles. The van der Waals surface area contributed by atoms with E-state index in [0.717, 1.165) is 41.6 Å². The monoisotopic (exact) mass is 416 g/mol. The average molecular weight is 416 g/mol. The predicted octanol–water partition coefficient (Wildman–Crippen LogP) is 3.54. The first kappa shape index (κ1) is 19.4. The maximum atomic E-state index is 12.7. The number of ether oxygens (including phenoxy) is 1. The molecule has 0 aliphatic heterocycles. The molecule has 1 atom stereocenters. The topological polar surface area (TPSA) is 99.9 Å². The standard InChI is InChI=1S/C24H24N4O3/c1-31-14-9-10-19-17(13-14)15-6-4-8-20(23(15)27-19)26-22(29)12-11-21-25-18-7-3-2-5-16(18)24(30)28-21/h2-3,5,7,9-10,13,20,27H,4,6,8,11-12H2,1H3,(H,26,29)(H,25,28,30)/t20-/m1/s1. The fourth-order valence-electron chi connectivity index (χ4n) is 4.46. The van der Waals surface area contributed by atoms with Gasteiger partial charge in [0.05, 0.1) is 24.1 Å². The molecular formula is C24H24N4O3. The van der Waals surface area contributed by atoms with E-state index in [1.807, 2.05) is 30.3 Å². The number of aryl methyl sites for hydroxylation is 2. The van der Waals surface area contributed by atoms with Gasteiger partial charge in [-0.3, -0.25) is 9.59 Å². The number of aromatic amines is 2. The maximum absolute atomic E-state index is 12.7. The van der Waals surface area contributed by atoms with Crippen molar-refractivity contribution < 1.29 is 9.53 Å². The van der Waals surface area contributed by atoms with Crippen LogP contribution in [0.3, 0.4) is 0 Å². The summed E-state index contributed by atoms with van der Waals surface area (Å²) in [6.07, 6.45) is 3.54. The maximum Gasteiger partial charge on any atom is 0.258 e. The molecule has 0 bridgehead atoms. The Kier molecular flexibility index (Phi) is 4.94. The van der Waals surface area contributed by atoms with Crippen molar-refractivity contribution >= 4 is 27.7 Å². The fraction of sp³-hybridized carbons (Fsp3) is 0.292. The van der Waals surface area contributed by atoms with Crippen LogP contribution in [0.15, 0.2) is 47.3 Å². The predicted molar refractivity (Wildman–Crippen MR) is 119 cm³/mol. The molecule has 4 aromatic rings. The largest absolute Gasteiger partial charge is 0.497 e. The Morgan fingerprint density at radius 2 is 2.06 bits per heavy atom. The molecule has 7 heteroatoms. The number of rotatable bonds is 5. The number of nitrogens with one attached hydrogen (secondary N) is 3. The van der Waals surface area contributed by atoms with Gasteiger partial charge in [0, 0.05) is 29.4 Å². The fourth-order valence-corrected chi connectivity index (χ4v) is 4.46. The highest BCUT2D eigenvalue weighted by atomic mass is 16.5. The highest BCUT2D eigenvalue weighted by molar-refractivity contribution is 5.87. The number of nitrogens with zero attached hydrogens (tertiary/aromatic N) is 1. The van der Waals surface area contributed by atoms with Gasteiger partial charge in [0.2, 0.25) is 5.91 Å². The van der Waals surface area contributed by atoms with E-state index in [9.17, 15) is 9.59 Å². The molecule has 0 saturated carbocycles. The van der Waals surface area contributed by atoms with Crippen LogP contribution in [0, 0.1) is 0 Å². The summed E-state index contributed by atoms with van der Waals surface area (Å²) in [6.45, 7) is 0. The second kappa shape index (κ2) is 7.91. The van der Waals surface area contributed by atoms with Crippen molar-refractivity contribution in [2.75, 3.05) is 7.11 Å². The van der Waals surface area contributed by atoms with Crippen molar-refractivity contribution in [3.63, 3.8) is 0 Å². The molecule has 0 radical (unpaired) electrons. The van der Waals surface area contributed by atoms with Crippen LogP contribution in [0.1, 0.15) is 42.4 Å². The van der Waals surface area contributed by atoms with E-state index in [0.29, 0.717) is 23.1 Å². The molecule has 2 heterocycles. The summed E-state index contributed by atoms with van der Waals surface area (Å²) >= 11 is 0. The molecule has 1 amide bonds. The lowest BCUT2D eigenvalue weighted by atomic mass is 9.91. The summed E-state index contributed by atoms with van der Waals surface area (Å²) in [4.78, 5) is 35.7. The minimum atomic E-state index is -0.175. The number of methoxy groups -OCH3 is 1. The Hall–Kier alpha value is -3.61. The Morgan fingerprint density at radius 1 is 1.19 bits per heavy atom. The molecule has 1 aliphatic carbocycles. The van der Waals surface area contributed by atoms with Gasteiger partial charge in [-0.15, -0.1) is 0 Å². The van der Waals surface area contributed by atoms with Crippen LogP contribution in [0.4, 0.5) is 0 Å². The van der Waals surface area contributed by atoms with Gasteiger partial charge < -0.3 is 20.0 Å². The molecule has 0 spiro atoms. The van der Waals surface area contributed by atoms with Crippen molar-refractivity contribution in [1.29, 1.82) is 0 Å². The highest BCUT2D eigenvalue weighted by Crippen LogP contribution is 2.36. The van der Waals surface area contributed by atoms with Crippen LogP contribution in [-0.4, -0.2) is 28.0 Å². The molecular weight excluding hydrogens is 392 g/mol. The second-order valence-electron chi connectivity index (χ2n) is 7.97. The van der Waals surface area contributed by atoms with Gasteiger partial charge in [-0.1, -0.05) is 12.1 Å². The second-order valence-corrected chi connectivity index (χ2v) is 7.97. The normalized spacial score (nSPS) is 15.7. The van der Waals surface area contributed by atoms with Crippen molar-refractivity contribution in [3.05, 3.63) is 69.9 Å². The summed E-state index contributed by atoms with van der Waals surface area (Å²) < 4.78 is 5.37. The lowest BCUT2D eigenvalue weighted by Crippen LogP contribution is -2.31. The smallest absolute Gasteiger partial charge is 0.258 e. The van der Waals surface area contributed by atoms with Crippen molar-refractivity contribution in [2.45, 2.75) is 38.1 Å². The molecule has 2 aromatic heterocycles. The van der Waals surface area contributed by atoms with E-state index >= 15 is 0 Å². The molecule has 158 valence electrons. The Morgan fingerprint density at radius 3 is 2.94 bits per heavy atom. The van der Waals surface area contributed by atoms with Crippen molar-refractivity contribution in [3.8, 4) is 5.75 Å². The van der Waals surface area contributed by atoms with E-state index in [1.165, 1.54) is 5.56 Å². The van der Waals surface area contributed by atoms with Gasteiger partial charge in [-0.25, -0.2) is 4.98 Å². The summed E-state index contributed by atoms with van der Waals surface area (Å²) in [7, 11) is 1.67. The molecule has 0 fully saturated rings. The number of H-pyrrole nitrogens is 2. The highest BCUT2D eigenvalue weighted by Gasteiger charge is 2.25. The molecule has 0 saturated heterocycles. The number of fused-ring (bicyclic) bond motifs is 4. The first-order chi connectivity index (χ1) is 15.1. The lowest BCUT2D eigenvalue weighted by Gasteiger charge is -2.24. The first-order valence-electron chi connectivity index (χ1n) is 10.6. The molecule has 1 aliphatic rings. The number of hydrogen-bond acceptors (Lipinski definition) is 4. The number of hydrogen-bond donors (Lipinski definition) is 3. The van der Waals surface area contributed by atoms with Crippen LogP contribution >= 0.6 is 0 Å². The summed E-state index contributed by atoms with van der Waals surface area (Å²) in [5.41, 5.74) is 3.87. The Labute approximate surface area is 178 Å². The van der Waals surface area contributed by atoms with Gasteiger partial charge >= 0.3 is 0 Å². The van der Waals surface area contributed by atoms with Gasteiger partial charge in [0.1, 0.15) is 11.6 Å². The van der Waals surface area contributed by atoms with E-state index in [1.54, 1.807) is 13.2 Å². The van der Waals surface area contributed by atoms with Gasteiger partial charge in [0.25, 0.3) is 5.56 Å². The number of benzene rings is 2. The number of amides is 1. The zero-order valence-corrected chi connectivity index (χ0v) is 17.3. The summed E-state index contributed by atoms with van der Waals surface area (Å²) in [5.74, 6) is 1.31. The molecule has 31 heavy (non-hydrogen) atoms. The first-order valence-corrected chi connectivity index (χ1v) is 10.6. The summed E-state index contributed by atoms with van der Waals surface area (Å²) in [5, 5.41) is 4.88. The van der Waals surface area contributed by atoms with E-state index in [2.05, 4.69) is 26.3 Å². The Bertz CT molecular complexity index is 1340. The number of carbonyl (C=O) groups excluding carboxylic acids is 1. The summed E-state index contributed by atoms with van der Waals surface area (Å²) in [6, 6.07) is 13.2.